The van der Waals surface area contributed by atoms with E-state index in [9.17, 15) is 14.2 Å². The molecule has 0 rings (SSSR count). The first kappa shape index (κ1) is 41.4. The number of esters is 1. The molecular weight excluding hydrogens is 575 g/mol. The number of ether oxygens (including phenoxy) is 2. The number of hydrogen-bond acceptors (Lipinski definition) is 7. The summed E-state index contributed by atoms with van der Waals surface area (Å²) >= 11 is 1.65. The molecule has 8 nitrogen and oxygen atoms in total. The SMILES string of the molecule is CCCCCCCCCCCCC(=O)O[C@H](COP(=O)(O)O)CSCCCCCCCCCCCCCCCOC=O. The Morgan fingerprint density at radius 2 is 1.17 bits per heavy atom. The van der Waals surface area contributed by atoms with E-state index in [0.29, 0.717) is 25.3 Å². The molecule has 0 radical (unpaired) electrons. The van der Waals surface area contributed by atoms with Gasteiger partial charge in [-0.3, -0.25) is 14.1 Å². The van der Waals surface area contributed by atoms with Crippen LogP contribution in [0.3, 0.4) is 0 Å². The summed E-state index contributed by atoms with van der Waals surface area (Å²) in [5, 5.41) is 0. The molecule has 0 aromatic rings. The first-order valence-electron chi connectivity index (χ1n) is 16.9. The summed E-state index contributed by atoms with van der Waals surface area (Å²) in [6, 6.07) is 0. The second-order valence-corrected chi connectivity index (χ2v) is 13.9. The highest BCUT2D eigenvalue weighted by Crippen LogP contribution is 2.36. The van der Waals surface area contributed by atoms with E-state index in [1.54, 1.807) is 11.8 Å². The summed E-state index contributed by atoms with van der Waals surface area (Å²) in [6.45, 7) is 3.02. The lowest BCUT2D eigenvalue weighted by Gasteiger charge is -2.18. The summed E-state index contributed by atoms with van der Waals surface area (Å²) in [5.74, 6) is 1.11. The van der Waals surface area contributed by atoms with E-state index >= 15 is 0 Å². The molecule has 0 heterocycles. The van der Waals surface area contributed by atoms with Crippen LogP contribution in [0.4, 0.5) is 0 Å². The van der Waals surface area contributed by atoms with Crippen LogP contribution in [0.1, 0.15) is 161 Å². The quantitative estimate of drug-likeness (QED) is 0.0307. The van der Waals surface area contributed by atoms with Crippen LogP contribution < -0.4 is 0 Å². The fraction of sp³-hybridized carbons (Fsp3) is 0.938. The minimum Gasteiger partial charge on any atom is -0.468 e. The molecule has 0 bridgehead atoms. The monoisotopic (exact) mass is 638 g/mol. The van der Waals surface area contributed by atoms with Gasteiger partial charge in [-0.2, -0.15) is 11.8 Å². The molecule has 0 amide bonds. The molecule has 2 N–H and O–H groups in total. The lowest BCUT2D eigenvalue weighted by molar-refractivity contribution is -0.149. The van der Waals surface area contributed by atoms with Crippen molar-refractivity contribution in [1.82, 2.24) is 0 Å². The van der Waals surface area contributed by atoms with Crippen molar-refractivity contribution in [1.29, 1.82) is 0 Å². The van der Waals surface area contributed by atoms with E-state index in [2.05, 4.69) is 11.4 Å². The third kappa shape index (κ3) is 33.9. The summed E-state index contributed by atoms with van der Waals surface area (Å²) in [4.78, 5) is 40.5. The Labute approximate surface area is 261 Å². The van der Waals surface area contributed by atoms with Crippen molar-refractivity contribution in [2.75, 3.05) is 24.7 Å². The maximum absolute atomic E-state index is 12.3. The van der Waals surface area contributed by atoms with Crippen LogP contribution in [0, 0.1) is 0 Å². The average molecular weight is 639 g/mol. The number of carbonyl (C=O) groups excluding carboxylic acids is 2. The topological polar surface area (TPSA) is 119 Å². The molecule has 42 heavy (non-hydrogen) atoms. The van der Waals surface area contributed by atoms with Gasteiger partial charge in [0.2, 0.25) is 0 Å². The third-order valence-electron chi connectivity index (χ3n) is 7.38. The predicted molar refractivity (Wildman–Crippen MR) is 174 cm³/mol. The molecule has 1 atom stereocenters. The summed E-state index contributed by atoms with van der Waals surface area (Å²) in [5.41, 5.74) is 0. The van der Waals surface area contributed by atoms with Crippen molar-refractivity contribution in [3.63, 3.8) is 0 Å². The fourth-order valence-electron chi connectivity index (χ4n) is 4.89. The van der Waals surface area contributed by atoms with E-state index in [0.717, 1.165) is 44.3 Å². The highest BCUT2D eigenvalue weighted by Gasteiger charge is 2.21. The molecule has 0 aromatic carbocycles. The molecule has 0 fully saturated rings. The summed E-state index contributed by atoms with van der Waals surface area (Å²) < 4.78 is 26.0. The van der Waals surface area contributed by atoms with E-state index in [-0.39, 0.29) is 12.6 Å². The number of phosphoric acid groups is 1. The minimum absolute atomic E-state index is 0.280. The van der Waals surface area contributed by atoms with Gasteiger partial charge in [0.15, 0.2) is 0 Å². The van der Waals surface area contributed by atoms with E-state index in [1.165, 1.54) is 109 Å². The second-order valence-electron chi connectivity index (χ2n) is 11.5. The number of unbranched alkanes of at least 4 members (excludes halogenated alkanes) is 21. The minimum atomic E-state index is -4.60. The molecule has 0 aromatic heterocycles. The molecule has 0 unspecified atom stereocenters. The zero-order valence-corrected chi connectivity index (χ0v) is 28.4. The maximum Gasteiger partial charge on any atom is 0.469 e. The molecule has 10 heteroatoms. The average Bonchev–Trinajstić information content (AvgIpc) is 2.95. The smallest absolute Gasteiger partial charge is 0.468 e. The van der Waals surface area contributed by atoms with Crippen LogP contribution in [0.2, 0.25) is 0 Å². The van der Waals surface area contributed by atoms with Crippen LogP contribution in [0.5, 0.6) is 0 Å². The lowest BCUT2D eigenvalue weighted by Crippen LogP contribution is -2.25. The van der Waals surface area contributed by atoms with Gasteiger partial charge in [-0.1, -0.05) is 135 Å². The van der Waals surface area contributed by atoms with Crippen LogP contribution in [-0.2, 0) is 28.2 Å². The van der Waals surface area contributed by atoms with Crippen molar-refractivity contribution < 1.29 is 37.9 Å². The van der Waals surface area contributed by atoms with Crippen molar-refractivity contribution >= 4 is 32.0 Å². The van der Waals surface area contributed by atoms with Gasteiger partial charge < -0.3 is 19.3 Å². The van der Waals surface area contributed by atoms with Gasteiger partial charge in [-0.25, -0.2) is 4.57 Å². The van der Waals surface area contributed by atoms with Gasteiger partial charge in [-0.05, 0) is 25.0 Å². The molecular formula is C32H63O8PS. The Balaban J connectivity index is 3.78. The highest BCUT2D eigenvalue weighted by molar-refractivity contribution is 7.99. The maximum atomic E-state index is 12.3. The Hall–Kier alpha value is -0.600. The van der Waals surface area contributed by atoms with Gasteiger partial charge in [0.05, 0.1) is 13.2 Å². The summed E-state index contributed by atoms with van der Waals surface area (Å²) in [7, 11) is -4.60. The normalized spacial score (nSPS) is 12.4. The van der Waals surface area contributed by atoms with Crippen LogP contribution in [0.15, 0.2) is 0 Å². The molecule has 0 saturated heterocycles. The third-order valence-corrected chi connectivity index (χ3v) is 9.05. The van der Waals surface area contributed by atoms with Crippen LogP contribution in [0.25, 0.3) is 0 Å². The molecule has 0 aliphatic carbocycles. The first-order valence-corrected chi connectivity index (χ1v) is 19.6. The van der Waals surface area contributed by atoms with Crippen molar-refractivity contribution in [3.05, 3.63) is 0 Å². The second kappa shape index (κ2) is 31.8. The Morgan fingerprint density at radius 1 is 0.714 bits per heavy atom. The van der Waals surface area contributed by atoms with Crippen LogP contribution in [-0.4, -0.2) is 53.1 Å². The van der Waals surface area contributed by atoms with Gasteiger partial charge >= 0.3 is 13.8 Å². The number of phosphoric ester groups is 1. The zero-order chi connectivity index (χ0) is 31.0. The first-order chi connectivity index (χ1) is 20.4. The molecule has 0 spiro atoms. The number of rotatable bonds is 34. The van der Waals surface area contributed by atoms with E-state index in [4.69, 9.17) is 19.3 Å². The Kier molecular flexibility index (Phi) is 31.4. The van der Waals surface area contributed by atoms with Gasteiger partial charge in [-0.15, -0.1) is 0 Å². The summed E-state index contributed by atoms with van der Waals surface area (Å²) in [6.07, 6.45) is 27.5. The highest BCUT2D eigenvalue weighted by atomic mass is 32.2. The van der Waals surface area contributed by atoms with Crippen molar-refractivity contribution in [3.8, 4) is 0 Å². The van der Waals surface area contributed by atoms with Gasteiger partial charge in [0.1, 0.15) is 6.10 Å². The largest absolute Gasteiger partial charge is 0.469 e. The lowest BCUT2D eigenvalue weighted by atomic mass is 10.0. The molecule has 0 saturated carbocycles. The molecule has 0 aliphatic rings. The Bertz CT molecular complexity index is 646. The van der Waals surface area contributed by atoms with Gasteiger partial charge in [0, 0.05) is 12.2 Å². The van der Waals surface area contributed by atoms with E-state index in [1.807, 2.05) is 0 Å². The van der Waals surface area contributed by atoms with Crippen LogP contribution >= 0.6 is 19.6 Å². The molecule has 0 aliphatic heterocycles. The zero-order valence-electron chi connectivity index (χ0n) is 26.7. The molecule has 250 valence electrons. The predicted octanol–water partition coefficient (Wildman–Crippen LogP) is 9.30. The van der Waals surface area contributed by atoms with Gasteiger partial charge in [0.25, 0.3) is 6.47 Å². The number of thioether (sulfide) groups is 1. The Morgan fingerprint density at radius 3 is 1.64 bits per heavy atom. The fourth-order valence-corrected chi connectivity index (χ4v) is 6.26. The van der Waals surface area contributed by atoms with Crippen molar-refractivity contribution in [2.24, 2.45) is 0 Å². The number of carbonyl (C=O) groups is 2. The number of hydrogen-bond donors (Lipinski definition) is 2. The van der Waals surface area contributed by atoms with E-state index < -0.39 is 13.9 Å². The standard InChI is InChI=1S/C32H63O8PS/c1-2-3-4-5-6-7-13-16-19-22-25-32(34)40-31(28-39-41(35,36)37)29-42-27-24-21-18-15-12-10-8-9-11-14-17-20-23-26-38-30-33/h30-31H,2-29H2,1H3,(H2,35,36,37)/t31-/m1/s1. The van der Waals surface area contributed by atoms with Crippen molar-refractivity contribution in [2.45, 2.75) is 167 Å².